The lowest BCUT2D eigenvalue weighted by molar-refractivity contribution is -0.130. The van der Waals surface area contributed by atoms with Gasteiger partial charge in [-0.25, -0.2) is 14.6 Å². The van der Waals surface area contributed by atoms with Crippen LogP contribution in [0.5, 0.6) is 0 Å². The Labute approximate surface area is 132 Å². The fourth-order valence-corrected chi connectivity index (χ4v) is 2.04. The minimum absolute atomic E-state index is 0.0845. The predicted octanol–water partition coefficient (Wildman–Crippen LogP) is 1.61. The first-order valence-corrected chi connectivity index (χ1v) is 7.05. The van der Waals surface area contributed by atoms with Crippen molar-refractivity contribution in [2.24, 2.45) is 11.7 Å². The van der Waals surface area contributed by atoms with Gasteiger partial charge in [0.25, 0.3) is 5.91 Å². The van der Waals surface area contributed by atoms with E-state index in [1.807, 2.05) is 23.5 Å². The molecule has 7 heteroatoms. The number of nitrogens with one attached hydrogen (secondary N) is 1. The van der Waals surface area contributed by atoms with Crippen LogP contribution in [0.4, 0.5) is 4.79 Å². The Bertz CT molecular complexity index is 758. The Kier molecular flexibility index (Phi) is 4.90. The molecule has 3 N–H and O–H groups in total. The van der Waals surface area contributed by atoms with Crippen molar-refractivity contribution in [1.82, 2.24) is 10.3 Å². The lowest BCUT2D eigenvalue weighted by Gasteiger charge is -2.19. The molecule has 1 atom stereocenters. The van der Waals surface area contributed by atoms with Crippen molar-refractivity contribution in [2.75, 3.05) is 0 Å². The molecule has 1 aromatic carbocycles. The number of pyridine rings is 1. The number of hydrogen-bond acceptors (Lipinski definition) is 5. The number of amides is 3. The summed E-state index contributed by atoms with van der Waals surface area (Å²) in [6, 6.07) is 9.58. The molecule has 23 heavy (non-hydrogen) atoms. The molecule has 0 unspecified atom stereocenters. The standard InChI is InChI=1S/C16H17N3O4/c1-9(2)13(14(20)19-16(17)22)23-15(21)12-8-7-10-5-3-4-6-11(10)18-12/h3-9,13H,1-2H3,(H3,17,19,20,22)/t13-/m1/s1. The van der Waals surface area contributed by atoms with Gasteiger partial charge in [-0.1, -0.05) is 38.1 Å². The summed E-state index contributed by atoms with van der Waals surface area (Å²) in [5.41, 5.74) is 5.64. The van der Waals surface area contributed by atoms with Crippen molar-refractivity contribution in [3.8, 4) is 0 Å². The highest BCUT2D eigenvalue weighted by atomic mass is 16.5. The van der Waals surface area contributed by atoms with Crippen LogP contribution >= 0.6 is 0 Å². The van der Waals surface area contributed by atoms with Gasteiger partial charge in [0.05, 0.1) is 5.52 Å². The number of benzene rings is 1. The smallest absolute Gasteiger partial charge is 0.357 e. The highest BCUT2D eigenvalue weighted by Gasteiger charge is 2.28. The molecule has 0 aliphatic carbocycles. The number of fused-ring (bicyclic) bond motifs is 1. The minimum atomic E-state index is -1.14. The van der Waals surface area contributed by atoms with E-state index in [0.29, 0.717) is 5.52 Å². The summed E-state index contributed by atoms with van der Waals surface area (Å²) in [6.45, 7) is 3.37. The number of para-hydroxylation sites is 1. The van der Waals surface area contributed by atoms with Crippen molar-refractivity contribution in [3.63, 3.8) is 0 Å². The van der Waals surface area contributed by atoms with E-state index in [4.69, 9.17) is 10.5 Å². The Morgan fingerprint density at radius 3 is 2.48 bits per heavy atom. The molecule has 0 spiro atoms. The van der Waals surface area contributed by atoms with E-state index in [2.05, 4.69) is 4.98 Å². The number of urea groups is 1. The zero-order chi connectivity index (χ0) is 17.0. The lowest BCUT2D eigenvalue weighted by atomic mass is 10.1. The van der Waals surface area contributed by atoms with Crippen molar-refractivity contribution in [1.29, 1.82) is 0 Å². The molecular formula is C16H17N3O4. The largest absolute Gasteiger partial charge is 0.447 e. The average Bonchev–Trinajstić information content (AvgIpc) is 2.50. The van der Waals surface area contributed by atoms with Crippen LogP contribution in [0.2, 0.25) is 0 Å². The second-order valence-corrected chi connectivity index (χ2v) is 5.31. The Balaban J connectivity index is 2.19. The second kappa shape index (κ2) is 6.87. The number of esters is 1. The summed E-state index contributed by atoms with van der Waals surface area (Å²) < 4.78 is 5.19. The van der Waals surface area contributed by atoms with E-state index in [1.54, 1.807) is 26.0 Å². The van der Waals surface area contributed by atoms with Crippen LogP contribution in [-0.2, 0) is 9.53 Å². The van der Waals surface area contributed by atoms with Gasteiger partial charge in [-0.2, -0.15) is 0 Å². The van der Waals surface area contributed by atoms with Gasteiger partial charge in [0.1, 0.15) is 5.69 Å². The predicted molar refractivity (Wildman–Crippen MR) is 83.5 cm³/mol. The van der Waals surface area contributed by atoms with Crippen LogP contribution < -0.4 is 11.1 Å². The minimum Gasteiger partial charge on any atom is -0.447 e. The third-order valence-corrected chi connectivity index (χ3v) is 3.15. The van der Waals surface area contributed by atoms with Gasteiger partial charge in [0.15, 0.2) is 6.10 Å². The number of carbonyl (C=O) groups is 3. The van der Waals surface area contributed by atoms with Crippen LogP contribution in [0.15, 0.2) is 36.4 Å². The number of imide groups is 1. The number of primary amides is 1. The zero-order valence-corrected chi connectivity index (χ0v) is 12.8. The normalized spacial score (nSPS) is 12.0. The van der Waals surface area contributed by atoms with Gasteiger partial charge < -0.3 is 10.5 Å². The van der Waals surface area contributed by atoms with Crippen LogP contribution in [0.25, 0.3) is 10.9 Å². The summed E-state index contributed by atoms with van der Waals surface area (Å²) in [5, 5.41) is 2.80. The summed E-state index contributed by atoms with van der Waals surface area (Å²) in [4.78, 5) is 39.1. The molecule has 120 valence electrons. The maximum Gasteiger partial charge on any atom is 0.357 e. The molecule has 0 aliphatic heterocycles. The van der Waals surface area contributed by atoms with Gasteiger partial charge >= 0.3 is 12.0 Å². The summed E-state index contributed by atoms with van der Waals surface area (Å²) in [7, 11) is 0. The number of carbonyl (C=O) groups excluding carboxylic acids is 3. The first-order valence-electron chi connectivity index (χ1n) is 7.05. The zero-order valence-electron chi connectivity index (χ0n) is 12.8. The van der Waals surface area contributed by atoms with Crippen molar-refractivity contribution in [3.05, 3.63) is 42.1 Å². The van der Waals surface area contributed by atoms with E-state index in [-0.39, 0.29) is 11.6 Å². The Morgan fingerprint density at radius 1 is 1.13 bits per heavy atom. The molecule has 3 amide bonds. The van der Waals surface area contributed by atoms with E-state index in [0.717, 1.165) is 5.39 Å². The Morgan fingerprint density at radius 2 is 1.83 bits per heavy atom. The molecule has 0 saturated carbocycles. The molecule has 1 aromatic heterocycles. The number of ether oxygens (including phenoxy) is 1. The monoisotopic (exact) mass is 315 g/mol. The van der Waals surface area contributed by atoms with E-state index in [9.17, 15) is 14.4 Å². The third kappa shape index (κ3) is 4.03. The van der Waals surface area contributed by atoms with Crippen LogP contribution in [0.3, 0.4) is 0 Å². The topological polar surface area (TPSA) is 111 Å². The van der Waals surface area contributed by atoms with Crippen LogP contribution in [-0.4, -0.2) is 29.0 Å². The number of hydrogen-bond donors (Lipinski definition) is 2. The molecule has 0 saturated heterocycles. The van der Waals surface area contributed by atoms with Gasteiger partial charge in [-0.15, -0.1) is 0 Å². The number of nitrogens with two attached hydrogens (primary N) is 1. The third-order valence-electron chi connectivity index (χ3n) is 3.15. The first-order chi connectivity index (χ1) is 10.9. The van der Waals surface area contributed by atoms with E-state index >= 15 is 0 Å². The van der Waals surface area contributed by atoms with E-state index < -0.39 is 24.0 Å². The number of nitrogens with zero attached hydrogens (tertiary/aromatic N) is 1. The SMILES string of the molecule is CC(C)[C@@H](OC(=O)c1ccc2ccccc2n1)C(=O)NC(N)=O. The first kappa shape index (κ1) is 16.4. The van der Waals surface area contributed by atoms with E-state index in [1.165, 1.54) is 6.07 Å². The quantitative estimate of drug-likeness (QED) is 0.833. The average molecular weight is 315 g/mol. The molecular weight excluding hydrogens is 298 g/mol. The summed E-state index contributed by atoms with van der Waals surface area (Å²) in [5.74, 6) is -1.84. The molecule has 1 heterocycles. The maximum absolute atomic E-state index is 12.2. The van der Waals surface area contributed by atoms with Crippen molar-refractivity contribution >= 4 is 28.8 Å². The molecule has 0 bridgehead atoms. The van der Waals surface area contributed by atoms with Gasteiger partial charge in [-0.3, -0.25) is 10.1 Å². The van der Waals surface area contributed by atoms with Gasteiger partial charge in [-0.05, 0) is 18.1 Å². The highest BCUT2D eigenvalue weighted by Crippen LogP contribution is 2.14. The molecule has 0 radical (unpaired) electrons. The van der Waals surface area contributed by atoms with Gasteiger partial charge in [0, 0.05) is 5.39 Å². The molecule has 7 nitrogen and oxygen atoms in total. The van der Waals surface area contributed by atoms with Crippen molar-refractivity contribution in [2.45, 2.75) is 20.0 Å². The molecule has 0 fully saturated rings. The number of aromatic nitrogens is 1. The van der Waals surface area contributed by atoms with Gasteiger partial charge in [0.2, 0.25) is 0 Å². The lowest BCUT2D eigenvalue weighted by Crippen LogP contribution is -2.45. The van der Waals surface area contributed by atoms with Crippen molar-refractivity contribution < 1.29 is 19.1 Å². The fraction of sp³-hybridized carbons (Fsp3) is 0.250. The second-order valence-electron chi connectivity index (χ2n) is 5.31. The molecule has 2 rings (SSSR count). The number of rotatable bonds is 4. The fourth-order valence-electron chi connectivity index (χ4n) is 2.04. The molecule has 2 aromatic rings. The highest BCUT2D eigenvalue weighted by molar-refractivity contribution is 5.98. The van der Waals surface area contributed by atoms with Crippen LogP contribution in [0, 0.1) is 5.92 Å². The molecule has 0 aliphatic rings. The Hall–Kier alpha value is -2.96. The maximum atomic E-state index is 12.2. The van der Waals surface area contributed by atoms with Crippen LogP contribution in [0.1, 0.15) is 24.3 Å². The summed E-state index contributed by atoms with van der Waals surface area (Å²) >= 11 is 0. The summed E-state index contributed by atoms with van der Waals surface area (Å²) in [6.07, 6.45) is -1.14.